The van der Waals surface area contributed by atoms with Gasteiger partial charge in [-0.3, -0.25) is 4.79 Å². The Morgan fingerprint density at radius 2 is 1.86 bits per heavy atom. The fraction of sp³-hybridized carbons (Fsp3) is 0.345. The van der Waals surface area contributed by atoms with E-state index >= 15 is 0 Å². The van der Waals surface area contributed by atoms with Gasteiger partial charge < -0.3 is 20.1 Å². The van der Waals surface area contributed by atoms with Gasteiger partial charge in [0, 0.05) is 42.4 Å². The number of rotatable bonds is 4. The van der Waals surface area contributed by atoms with Crippen LogP contribution in [0.1, 0.15) is 50.4 Å². The van der Waals surface area contributed by atoms with E-state index in [9.17, 15) is 28.3 Å². The van der Waals surface area contributed by atoms with Gasteiger partial charge in [0.05, 0.1) is 15.8 Å². The van der Waals surface area contributed by atoms with Gasteiger partial charge in [-0.1, -0.05) is 18.2 Å². The molecule has 0 radical (unpaired) electrons. The molecule has 5 rings (SSSR count). The Kier molecular flexibility index (Phi) is 7.71. The van der Waals surface area contributed by atoms with E-state index in [0.717, 1.165) is 11.5 Å². The van der Waals surface area contributed by atoms with Crippen LogP contribution < -0.4 is 15.1 Å². The highest BCUT2D eigenvalue weighted by molar-refractivity contribution is 7.13. The minimum atomic E-state index is -2.78. The second-order valence-corrected chi connectivity index (χ2v) is 11.8. The van der Waals surface area contributed by atoms with Crippen LogP contribution in [0.2, 0.25) is 0 Å². The van der Waals surface area contributed by atoms with Crippen molar-refractivity contribution in [2.75, 3.05) is 28.2 Å². The van der Waals surface area contributed by atoms with Gasteiger partial charge in [0.15, 0.2) is 5.82 Å². The number of ether oxygens (including phenoxy) is 1. The zero-order valence-electron chi connectivity index (χ0n) is 23.2. The van der Waals surface area contributed by atoms with Crippen LogP contribution in [0.4, 0.5) is 35.7 Å². The summed E-state index contributed by atoms with van der Waals surface area (Å²) in [5.41, 5.74) is 0.213. The zero-order chi connectivity index (χ0) is 30.2. The van der Waals surface area contributed by atoms with Crippen LogP contribution in [-0.2, 0) is 4.74 Å². The molecular formula is C29H29F2N5O5S. The van der Waals surface area contributed by atoms with E-state index in [1.54, 1.807) is 49.9 Å². The molecule has 0 aliphatic carbocycles. The molecule has 3 amide bonds. The van der Waals surface area contributed by atoms with Crippen LogP contribution in [0, 0.1) is 0 Å². The number of nitrogens with one attached hydrogen (secondary N) is 1. The Hall–Kier alpha value is -4.39. The minimum Gasteiger partial charge on any atom is -0.464 e. The maximum absolute atomic E-state index is 14.1. The summed E-state index contributed by atoms with van der Waals surface area (Å²) in [6, 6.07) is 13.7. The lowest BCUT2D eigenvalue weighted by atomic mass is 10.1. The predicted octanol–water partition coefficient (Wildman–Crippen LogP) is 7.14. The molecular weight excluding hydrogens is 568 g/mol. The summed E-state index contributed by atoms with van der Waals surface area (Å²) in [7, 11) is 0. The van der Waals surface area contributed by atoms with Crippen molar-refractivity contribution in [3.05, 3.63) is 54.1 Å². The van der Waals surface area contributed by atoms with E-state index in [0.29, 0.717) is 43.9 Å². The summed E-state index contributed by atoms with van der Waals surface area (Å²) in [6.07, 6.45) is -2.99. The topological polar surface area (TPSA) is 125 Å². The molecule has 2 aromatic heterocycles. The quantitative estimate of drug-likeness (QED) is 0.254. The van der Waals surface area contributed by atoms with E-state index in [1.165, 1.54) is 6.07 Å². The first kappa shape index (κ1) is 29.1. The standard InChI is InChI=1S/C29H29F2N5O5S/c1-28(2,3)41-27(40)36(26(38)39)24-19-16-18(9-10-22(19)42-34-24)32-25(37)20-15-17-7-4-5-8-21(17)33-23(20)35-13-6-11-29(30,31)12-14-35/h4-5,7-10,15-16H,6,11-14H2,1-3H3,(H,32,37)(H,38,39). The van der Waals surface area contributed by atoms with Crippen LogP contribution in [0.3, 0.4) is 0 Å². The van der Waals surface area contributed by atoms with Gasteiger partial charge in [-0.15, -0.1) is 0 Å². The van der Waals surface area contributed by atoms with Gasteiger partial charge in [-0.25, -0.2) is 23.4 Å². The second-order valence-electron chi connectivity index (χ2n) is 11.0. The second kappa shape index (κ2) is 11.1. The highest BCUT2D eigenvalue weighted by atomic mass is 32.1. The van der Waals surface area contributed by atoms with Crippen molar-refractivity contribution in [2.45, 2.75) is 51.6 Å². The van der Waals surface area contributed by atoms with Gasteiger partial charge in [-0.05, 0) is 69.1 Å². The average Bonchev–Trinajstić information content (AvgIpc) is 3.21. The van der Waals surface area contributed by atoms with Crippen molar-refractivity contribution in [2.24, 2.45) is 0 Å². The van der Waals surface area contributed by atoms with E-state index < -0.39 is 29.6 Å². The molecule has 4 aromatic rings. The molecule has 0 spiro atoms. The third-order valence-electron chi connectivity index (χ3n) is 6.65. The molecule has 0 atom stereocenters. The fourth-order valence-corrected chi connectivity index (χ4v) is 5.46. The third kappa shape index (κ3) is 6.25. The summed E-state index contributed by atoms with van der Waals surface area (Å²) >= 11 is 0.990. The number of pyridine rings is 1. The number of alkyl halides is 2. The maximum Gasteiger partial charge on any atom is 0.425 e. The number of aromatic nitrogens is 2. The van der Waals surface area contributed by atoms with Crippen LogP contribution in [-0.4, -0.2) is 57.2 Å². The molecule has 220 valence electrons. The monoisotopic (exact) mass is 597 g/mol. The number of carboxylic acid groups (broad SMARTS) is 1. The summed E-state index contributed by atoms with van der Waals surface area (Å²) in [5, 5.41) is 13.6. The third-order valence-corrected chi connectivity index (χ3v) is 7.47. The molecule has 10 nitrogen and oxygen atoms in total. The number of carbonyl (C=O) groups is 3. The number of anilines is 3. The Morgan fingerprint density at radius 1 is 1.10 bits per heavy atom. The molecule has 3 heterocycles. The number of halogens is 2. The lowest BCUT2D eigenvalue weighted by Gasteiger charge is -2.24. The first-order chi connectivity index (χ1) is 19.8. The van der Waals surface area contributed by atoms with E-state index in [2.05, 4.69) is 14.7 Å². The Morgan fingerprint density at radius 3 is 2.60 bits per heavy atom. The number of benzene rings is 2. The molecule has 1 aliphatic heterocycles. The van der Waals surface area contributed by atoms with Gasteiger partial charge in [0.25, 0.3) is 5.91 Å². The van der Waals surface area contributed by atoms with Crippen LogP contribution in [0.15, 0.2) is 48.5 Å². The lowest BCUT2D eigenvalue weighted by Crippen LogP contribution is -2.40. The number of hydrogen-bond donors (Lipinski definition) is 2. The first-order valence-corrected chi connectivity index (χ1v) is 14.1. The highest BCUT2D eigenvalue weighted by Crippen LogP contribution is 2.35. The van der Waals surface area contributed by atoms with Gasteiger partial charge in [0.1, 0.15) is 11.4 Å². The predicted molar refractivity (Wildman–Crippen MR) is 157 cm³/mol. The van der Waals surface area contributed by atoms with Gasteiger partial charge >= 0.3 is 12.2 Å². The van der Waals surface area contributed by atoms with E-state index in [1.807, 2.05) is 18.2 Å². The van der Waals surface area contributed by atoms with Crippen molar-refractivity contribution >= 4 is 67.9 Å². The lowest BCUT2D eigenvalue weighted by molar-refractivity contribution is -0.0102. The molecule has 1 saturated heterocycles. The number of amides is 3. The molecule has 0 saturated carbocycles. The Labute approximate surface area is 244 Å². The SMILES string of the molecule is CC(C)(C)OC(=O)N(C(=O)O)c1nsc2ccc(NC(=O)c3cc4ccccc4nc3N3CCCC(F)(F)CC3)cc12. The first-order valence-electron chi connectivity index (χ1n) is 13.3. The van der Waals surface area contributed by atoms with Crippen LogP contribution in [0.5, 0.6) is 0 Å². The molecule has 0 bridgehead atoms. The largest absolute Gasteiger partial charge is 0.464 e. The number of imide groups is 1. The van der Waals surface area contributed by atoms with Gasteiger partial charge in [-0.2, -0.15) is 9.27 Å². The smallest absolute Gasteiger partial charge is 0.425 e. The molecule has 13 heteroatoms. The molecule has 2 aromatic carbocycles. The molecule has 1 aliphatic rings. The highest BCUT2D eigenvalue weighted by Gasteiger charge is 2.34. The van der Waals surface area contributed by atoms with Crippen LogP contribution >= 0.6 is 11.5 Å². The van der Waals surface area contributed by atoms with Crippen molar-refractivity contribution in [1.82, 2.24) is 9.36 Å². The molecule has 0 unspecified atom stereocenters. The van der Waals surface area contributed by atoms with Gasteiger partial charge in [0.2, 0.25) is 5.92 Å². The summed E-state index contributed by atoms with van der Waals surface area (Å²) in [6.45, 7) is 5.22. The Balaban J connectivity index is 1.49. The zero-order valence-corrected chi connectivity index (χ0v) is 24.0. The maximum atomic E-state index is 14.1. The van der Waals surface area contributed by atoms with E-state index in [-0.39, 0.29) is 37.2 Å². The fourth-order valence-electron chi connectivity index (χ4n) is 4.72. The number of para-hydroxylation sites is 1. The van der Waals surface area contributed by atoms with Crippen molar-refractivity contribution < 1.29 is 33.0 Å². The van der Waals surface area contributed by atoms with Crippen molar-refractivity contribution in [1.29, 1.82) is 0 Å². The molecule has 2 N–H and O–H groups in total. The molecule has 1 fully saturated rings. The van der Waals surface area contributed by atoms with E-state index in [4.69, 9.17) is 4.74 Å². The van der Waals surface area contributed by atoms with Crippen LogP contribution in [0.25, 0.3) is 21.0 Å². The number of hydrogen-bond acceptors (Lipinski definition) is 8. The number of carbonyl (C=O) groups excluding carboxylic acids is 2. The normalized spacial score (nSPS) is 15.3. The summed E-state index contributed by atoms with van der Waals surface area (Å²) < 4.78 is 38.3. The minimum absolute atomic E-state index is 0.0458. The number of fused-ring (bicyclic) bond motifs is 2. The number of nitrogens with zero attached hydrogens (tertiary/aromatic N) is 4. The average molecular weight is 598 g/mol. The summed E-state index contributed by atoms with van der Waals surface area (Å²) in [5.74, 6) is -3.14. The van der Waals surface area contributed by atoms with Crippen molar-refractivity contribution in [3.63, 3.8) is 0 Å². The van der Waals surface area contributed by atoms with Crippen molar-refractivity contribution in [3.8, 4) is 0 Å². The molecule has 42 heavy (non-hydrogen) atoms. The summed E-state index contributed by atoms with van der Waals surface area (Å²) in [4.78, 5) is 45.3. The Bertz CT molecular complexity index is 1690.